The number of aromatic carboxylic acids is 1. The molecule has 0 aliphatic carbocycles. The number of hydrogen-bond acceptors (Lipinski definition) is 6. The first-order valence-corrected chi connectivity index (χ1v) is 9.04. The van der Waals surface area contributed by atoms with E-state index < -0.39 is 16.0 Å². The largest absolute Gasteiger partial charge is 0.478 e. The first kappa shape index (κ1) is 19.0. The van der Waals surface area contributed by atoms with Gasteiger partial charge in [0.1, 0.15) is 5.76 Å². The molecule has 0 radical (unpaired) electrons. The second kappa shape index (κ2) is 8.65. The molecule has 0 aliphatic heterocycles. The van der Waals surface area contributed by atoms with Crippen molar-refractivity contribution in [3.8, 4) is 0 Å². The third kappa shape index (κ3) is 5.31. The van der Waals surface area contributed by atoms with Gasteiger partial charge in [-0.1, -0.05) is 0 Å². The molecular weight excluding hydrogens is 348 g/mol. The molecule has 0 atom stereocenters. The van der Waals surface area contributed by atoms with Crippen molar-refractivity contribution in [1.82, 2.24) is 4.72 Å². The molecule has 1 heterocycles. The van der Waals surface area contributed by atoms with Gasteiger partial charge in [-0.05, 0) is 36.8 Å². The quantitative estimate of drug-likeness (QED) is 0.548. The zero-order valence-corrected chi connectivity index (χ0v) is 14.5. The fourth-order valence-electron chi connectivity index (χ4n) is 2.12. The van der Waals surface area contributed by atoms with Crippen LogP contribution < -0.4 is 10.0 Å². The van der Waals surface area contributed by atoms with Gasteiger partial charge >= 0.3 is 5.97 Å². The highest BCUT2D eigenvalue weighted by atomic mass is 32.2. The van der Waals surface area contributed by atoms with Crippen LogP contribution in [0.4, 0.5) is 5.69 Å². The maximum atomic E-state index is 12.2. The molecule has 0 amide bonds. The Bertz CT molecular complexity index is 802. The molecule has 136 valence electrons. The van der Waals surface area contributed by atoms with Crippen molar-refractivity contribution in [2.45, 2.75) is 17.9 Å². The van der Waals surface area contributed by atoms with Gasteiger partial charge in [0.2, 0.25) is 10.0 Å². The minimum Gasteiger partial charge on any atom is -0.478 e. The smallest absolute Gasteiger partial charge is 0.337 e. The molecule has 3 N–H and O–H groups in total. The minimum absolute atomic E-state index is 0.106. The molecule has 2 aromatic rings. The lowest BCUT2D eigenvalue weighted by atomic mass is 10.2. The van der Waals surface area contributed by atoms with Gasteiger partial charge in [0.15, 0.2) is 0 Å². The van der Waals surface area contributed by atoms with Crippen molar-refractivity contribution < 1.29 is 27.5 Å². The van der Waals surface area contributed by atoms with Gasteiger partial charge in [0, 0.05) is 25.9 Å². The molecule has 0 saturated heterocycles. The Morgan fingerprint density at radius 1 is 1.32 bits per heavy atom. The van der Waals surface area contributed by atoms with Crippen LogP contribution in [0.5, 0.6) is 0 Å². The first-order chi connectivity index (χ1) is 11.9. The van der Waals surface area contributed by atoms with Crippen molar-refractivity contribution in [2.75, 3.05) is 25.6 Å². The summed E-state index contributed by atoms with van der Waals surface area (Å²) in [6.07, 6.45) is 2.03. The van der Waals surface area contributed by atoms with Gasteiger partial charge in [-0.2, -0.15) is 0 Å². The van der Waals surface area contributed by atoms with E-state index in [2.05, 4.69) is 10.0 Å². The number of carbonyl (C=O) groups is 1. The lowest BCUT2D eigenvalue weighted by molar-refractivity contribution is 0.0697. The SMILES string of the molecule is COCCCNS(=O)(=O)c1ccc(NCc2ccco2)c(C(=O)O)c1. The predicted octanol–water partition coefficient (Wildman–Crippen LogP) is 1.90. The second-order valence-corrected chi connectivity index (χ2v) is 6.96. The summed E-state index contributed by atoms with van der Waals surface area (Å²) in [5, 5.41) is 12.3. The van der Waals surface area contributed by atoms with Crippen LogP contribution in [-0.4, -0.2) is 39.8 Å². The molecule has 0 saturated carbocycles. The zero-order chi connectivity index (χ0) is 18.3. The Balaban J connectivity index is 2.15. The zero-order valence-electron chi connectivity index (χ0n) is 13.7. The highest BCUT2D eigenvalue weighted by Crippen LogP contribution is 2.21. The average molecular weight is 368 g/mol. The summed E-state index contributed by atoms with van der Waals surface area (Å²) in [5.41, 5.74) is 0.175. The number of hydrogen-bond donors (Lipinski definition) is 3. The van der Waals surface area contributed by atoms with Gasteiger partial charge < -0.3 is 19.6 Å². The van der Waals surface area contributed by atoms with E-state index in [0.717, 1.165) is 6.07 Å². The fourth-order valence-corrected chi connectivity index (χ4v) is 3.22. The van der Waals surface area contributed by atoms with E-state index >= 15 is 0 Å². The summed E-state index contributed by atoms with van der Waals surface area (Å²) < 4.78 is 36.9. The number of benzene rings is 1. The predicted molar refractivity (Wildman–Crippen MR) is 91.1 cm³/mol. The highest BCUT2D eigenvalue weighted by molar-refractivity contribution is 7.89. The number of methoxy groups -OCH3 is 1. The number of ether oxygens (including phenoxy) is 1. The minimum atomic E-state index is -3.79. The Morgan fingerprint density at radius 3 is 2.76 bits per heavy atom. The summed E-state index contributed by atoms with van der Waals surface area (Å²) in [7, 11) is -2.26. The van der Waals surface area contributed by atoms with Crippen LogP contribution in [0.3, 0.4) is 0 Å². The molecule has 1 aromatic heterocycles. The number of nitrogens with one attached hydrogen (secondary N) is 2. The van der Waals surface area contributed by atoms with Gasteiger partial charge in [0.05, 0.1) is 23.3 Å². The third-order valence-electron chi connectivity index (χ3n) is 3.38. The van der Waals surface area contributed by atoms with Crippen LogP contribution >= 0.6 is 0 Å². The Hall–Kier alpha value is -2.36. The summed E-state index contributed by atoms with van der Waals surface area (Å²) in [6.45, 7) is 0.921. The van der Waals surface area contributed by atoms with Crippen molar-refractivity contribution in [2.24, 2.45) is 0 Å². The summed E-state index contributed by atoms with van der Waals surface area (Å²) in [5.74, 6) is -0.591. The Morgan fingerprint density at radius 2 is 2.12 bits per heavy atom. The summed E-state index contributed by atoms with van der Waals surface area (Å²) in [4.78, 5) is 11.4. The maximum Gasteiger partial charge on any atom is 0.337 e. The fraction of sp³-hybridized carbons (Fsp3) is 0.312. The van der Waals surface area contributed by atoms with Gasteiger partial charge in [0.25, 0.3) is 0 Å². The van der Waals surface area contributed by atoms with Crippen LogP contribution in [0.25, 0.3) is 0 Å². The molecule has 1 aromatic carbocycles. The van der Waals surface area contributed by atoms with E-state index in [1.54, 1.807) is 12.1 Å². The van der Waals surface area contributed by atoms with E-state index in [0.29, 0.717) is 24.5 Å². The molecule has 2 rings (SSSR count). The molecule has 0 bridgehead atoms. The molecule has 0 fully saturated rings. The van der Waals surface area contributed by atoms with E-state index in [9.17, 15) is 18.3 Å². The summed E-state index contributed by atoms with van der Waals surface area (Å²) >= 11 is 0. The number of furan rings is 1. The van der Waals surface area contributed by atoms with Crippen LogP contribution in [0.1, 0.15) is 22.5 Å². The molecule has 9 heteroatoms. The number of rotatable bonds is 10. The van der Waals surface area contributed by atoms with Gasteiger partial charge in [-0.15, -0.1) is 0 Å². The molecule has 0 spiro atoms. The van der Waals surface area contributed by atoms with Gasteiger partial charge in [-0.25, -0.2) is 17.9 Å². The van der Waals surface area contributed by atoms with Crippen molar-refractivity contribution in [1.29, 1.82) is 0 Å². The van der Waals surface area contributed by atoms with Crippen molar-refractivity contribution in [3.63, 3.8) is 0 Å². The second-order valence-electron chi connectivity index (χ2n) is 5.19. The average Bonchev–Trinajstić information content (AvgIpc) is 3.10. The lowest BCUT2D eigenvalue weighted by Gasteiger charge is -2.11. The number of sulfonamides is 1. The van der Waals surface area contributed by atoms with Crippen LogP contribution in [0, 0.1) is 0 Å². The Kier molecular flexibility index (Phi) is 6.57. The van der Waals surface area contributed by atoms with Crippen LogP contribution in [0.15, 0.2) is 45.9 Å². The van der Waals surface area contributed by atoms with E-state index in [1.807, 2.05) is 0 Å². The topological polar surface area (TPSA) is 118 Å². The maximum absolute atomic E-state index is 12.2. The van der Waals surface area contributed by atoms with Crippen LogP contribution in [0.2, 0.25) is 0 Å². The molecule has 25 heavy (non-hydrogen) atoms. The molecule has 0 aliphatic rings. The summed E-state index contributed by atoms with van der Waals surface area (Å²) in [6, 6.07) is 7.38. The number of carboxylic acid groups (broad SMARTS) is 1. The Labute approximate surface area is 145 Å². The molecular formula is C16H20N2O6S. The lowest BCUT2D eigenvalue weighted by Crippen LogP contribution is -2.25. The normalized spacial score (nSPS) is 11.4. The van der Waals surface area contributed by atoms with Crippen LogP contribution in [-0.2, 0) is 21.3 Å². The third-order valence-corrected chi connectivity index (χ3v) is 4.84. The monoisotopic (exact) mass is 368 g/mol. The van der Waals surface area contributed by atoms with E-state index in [4.69, 9.17) is 9.15 Å². The first-order valence-electron chi connectivity index (χ1n) is 7.56. The molecule has 0 unspecified atom stereocenters. The van der Waals surface area contributed by atoms with Gasteiger partial charge in [-0.3, -0.25) is 0 Å². The number of carboxylic acids is 1. The van der Waals surface area contributed by atoms with Crippen molar-refractivity contribution in [3.05, 3.63) is 47.9 Å². The van der Waals surface area contributed by atoms with E-state index in [1.165, 1.54) is 25.5 Å². The molecule has 8 nitrogen and oxygen atoms in total. The standard InChI is InChI=1S/C16H20N2O6S/c1-23-8-3-7-18-25(21,22)13-5-6-15(14(10-13)16(19)20)17-11-12-4-2-9-24-12/h2,4-6,9-10,17-18H,3,7-8,11H2,1H3,(H,19,20). The van der Waals surface area contributed by atoms with Crippen molar-refractivity contribution >= 4 is 21.7 Å². The highest BCUT2D eigenvalue weighted by Gasteiger charge is 2.18. The van der Waals surface area contributed by atoms with E-state index in [-0.39, 0.29) is 23.5 Å². The number of anilines is 1.